The van der Waals surface area contributed by atoms with Crippen LogP contribution in [0.5, 0.6) is 11.5 Å². The van der Waals surface area contributed by atoms with Gasteiger partial charge in [0.25, 0.3) is 5.91 Å². The van der Waals surface area contributed by atoms with Gasteiger partial charge < -0.3 is 24.4 Å². The fourth-order valence-corrected chi connectivity index (χ4v) is 4.85. The third-order valence-electron chi connectivity index (χ3n) is 6.96. The largest absolute Gasteiger partial charge is 0.497 e. The third-order valence-corrected chi connectivity index (χ3v) is 6.96. The molecule has 0 unspecified atom stereocenters. The number of benzene rings is 2. The van der Waals surface area contributed by atoms with Gasteiger partial charge in [-0.15, -0.1) is 0 Å². The summed E-state index contributed by atoms with van der Waals surface area (Å²) < 4.78 is 31.2. The SMILES string of the molecule is COc1ccc(OC)c([C@H]2CC(c3ccccc3F)=NN2C(=O)CN(CCN2CCOCC2)C(=O)NC(C)C)c1. The Bertz CT molecular complexity index is 1220. The second-order valence-electron chi connectivity index (χ2n) is 10.1. The highest BCUT2D eigenvalue weighted by Crippen LogP contribution is 2.39. The normalized spacial score (nSPS) is 17.5. The Labute approximate surface area is 234 Å². The Morgan fingerprint density at radius 2 is 1.90 bits per heavy atom. The summed E-state index contributed by atoms with van der Waals surface area (Å²) >= 11 is 0. The van der Waals surface area contributed by atoms with E-state index in [4.69, 9.17) is 14.2 Å². The highest BCUT2D eigenvalue weighted by molar-refractivity contribution is 6.03. The molecule has 0 radical (unpaired) electrons. The molecule has 2 heterocycles. The van der Waals surface area contributed by atoms with Crippen LogP contribution in [0.4, 0.5) is 9.18 Å². The number of methoxy groups -OCH3 is 2. The van der Waals surface area contributed by atoms with Gasteiger partial charge in [0, 0.05) is 49.8 Å². The van der Waals surface area contributed by atoms with E-state index in [1.807, 2.05) is 13.8 Å². The van der Waals surface area contributed by atoms with Gasteiger partial charge in [-0.3, -0.25) is 9.69 Å². The summed E-state index contributed by atoms with van der Waals surface area (Å²) in [4.78, 5) is 30.7. The predicted molar refractivity (Wildman–Crippen MR) is 149 cm³/mol. The standard InChI is InChI=1S/C29H38FN5O5/c1-20(2)31-29(37)34(12-11-33-13-15-40-16-14-33)19-28(36)35-26(23-17-21(38-3)9-10-27(23)39-4)18-25(32-35)22-7-5-6-8-24(22)30/h5-10,17,20,26H,11-16,18-19H2,1-4H3,(H,31,37)/t26-/m1/s1. The summed E-state index contributed by atoms with van der Waals surface area (Å²) in [6, 6.07) is 10.7. The number of rotatable bonds is 10. The number of nitrogens with one attached hydrogen (secondary N) is 1. The maximum atomic E-state index is 14.8. The Hall–Kier alpha value is -3.70. The number of ether oxygens (including phenoxy) is 3. The summed E-state index contributed by atoms with van der Waals surface area (Å²) in [5.74, 6) is 0.332. The topological polar surface area (TPSA) is 95.9 Å². The van der Waals surface area contributed by atoms with Crippen LogP contribution in [0, 0.1) is 5.82 Å². The first-order chi connectivity index (χ1) is 19.3. The number of hydrazone groups is 1. The quantitative estimate of drug-likeness (QED) is 0.484. The smallest absolute Gasteiger partial charge is 0.318 e. The second kappa shape index (κ2) is 13.6. The van der Waals surface area contributed by atoms with Crippen molar-refractivity contribution in [2.24, 2.45) is 5.10 Å². The summed E-state index contributed by atoms with van der Waals surface area (Å²) in [6.07, 6.45) is 0.266. The summed E-state index contributed by atoms with van der Waals surface area (Å²) in [6.45, 7) is 7.34. The lowest BCUT2D eigenvalue weighted by Crippen LogP contribution is -2.50. The molecule has 2 aliphatic rings. The van der Waals surface area contributed by atoms with E-state index in [9.17, 15) is 14.0 Å². The van der Waals surface area contributed by atoms with Crippen molar-refractivity contribution in [1.82, 2.24) is 20.1 Å². The average Bonchev–Trinajstić information content (AvgIpc) is 3.40. The molecule has 1 N–H and O–H groups in total. The van der Waals surface area contributed by atoms with Crippen molar-refractivity contribution in [1.29, 1.82) is 0 Å². The van der Waals surface area contributed by atoms with Crippen LogP contribution in [0.25, 0.3) is 0 Å². The van der Waals surface area contributed by atoms with Crippen molar-refractivity contribution in [2.45, 2.75) is 32.4 Å². The van der Waals surface area contributed by atoms with Gasteiger partial charge in [-0.2, -0.15) is 5.10 Å². The van der Waals surface area contributed by atoms with Gasteiger partial charge >= 0.3 is 6.03 Å². The minimum atomic E-state index is -0.582. The monoisotopic (exact) mass is 555 g/mol. The zero-order valence-electron chi connectivity index (χ0n) is 23.6. The van der Waals surface area contributed by atoms with E-state index < -0.39 is 11.9 Å². The van der Waals surface area contributed by atoms with Crippen LogP contribution in [-0.4, -0.2) is 98.7 Å². The molecule has 11 heteroatoms. The van der Waals surface area contributed by atoms with Crippen LogP contribution in [-0.2, 0) is 9.53 Å². The number of hydrogen-bond donors (Lipinski definition) is 1. The van der Waals surface area contributed by atoms with Gasteiger partial charge in [0.1, 0.15) is 23.9 Å². The Morgan fingerprint density at radius 1 is 1.15 bits per heavy atom. The molecule has 3 amide bonds. The van der Waals surface area contributed by atoms with E-state index in [-0.39, 0.29) is 30.9 Å². The first-order valence-corrected chi connectivity index (χ1v) is 13.5. The van der Waals surface area contributed by atoms with Crippen LogP contribution in [0.2, 0.25) is 0 Å². The molecule has 1 atom stereocenters. The minimum absolute atomic E-state index is 0.0975. The van der Waals surface area contributed by atoms with E-state index in [0.29, 0.717) is 54.6 Å². The fraction of sp³-hybridized carbons (Fsp3) is 0.483. The van der Waals surface area contributed by atoms with Crippen LogP contribution in [0.15, 0.2) is 47.6 Å². The molecule has 0 bridgehead atoms. The van der Waals surface area contributed by atoms with Crippen molar-refractivity contribution >= 4 is 17.6 Å². The molecular formula is C29H38FN5O5. The maximum absolute atomic E-state index is 14.8. The average molecular weight is 556 g/mol. The van der Waals surface area contributed by atoms with Crippen LogP contribution in [0.1, 0.15) is 37.4 Å². The summed E-state index contributed by atoms with van der Waals surface area (Å²) in [5, 5.41) is 8.86. The van der Waals surface area contributed by atoms with Crippen molar-refractivity contribution in [2.75, 3.05) is 60.2 Å². The van der Waals surface area contributed by atoms with E-state index in [0.717, 1.165) is 13.1 Å². The van der Waals surface area contributed by atoms with E-state index >= 15 is 0 Å². The number of nitrogens with zero attached hydrogens (tertiary/aromatic N) is 4. The molecule has 2 aromatic carbocycles. The van der Waals surface area contributed by atoms with E-state index in [1.54, 1.807) is 50.6 Å². The molecular weight excluding hydrogens is 517 g/mol. The van der Waals surface area contributed by atoms with Crippen molar-refractivity contribution in [3.05, 3.63) is 59.4 Å². The zero-order chi connectivity index (χ0) is 28.6. The number of urea groups is 1. The highest BCUT2D eigenvalue weighted by Gasteiger charge is 2.37. The lowest BCUT2D eigenvalue weighted by Gasteiger charge is -2.31. The number of amides is 3. The van der Waals surface area contributed by atoms with Gasteiger partial charge in [-0.1, -0.05) is 18.2 Å². The molecule has 1 saturated heterocycles. The Kier molecular flexibility index (Phi) is 9.94. The highest BCUT2D eigenvalue weighted by atomic mass is 19.1. The van der Waals surface area contributed by atoms with Crippen LogP contribution in [0.3, 0.4) is 0 Å². The Balaban J connectivity index is 1.64. The lowest BCUT2D eigenvalue weighted by molar-refractivity contribution is -0.133. The first-order valence-electron chi connectivity index (χ1n) is 13.5. The number of morpholine rings is 1. The molecule has 10 nitrogen and oxygen atoms in total. The fourth-order valence-electron chi connectivity index (χ4n) is 4.85. The van der Waals surface area contributed by atoms with Crippen molar-refractivity contribution in [3.8, 4) is 11.5 Å². The first kappa shape index (κ1) is 29.3. The molecule has 2 aliphatic heterocycles. The molecule has 0 aliphatic carbocycles. The second-order valence-corrected chi connectivity index (χ2v) is 10.1. The van der Waals surface area contributed by atoms with Gasteiger partial charge in [0.2, 0.25) is 0 Å². The van der Waals surface area contributed by atoms with Gasteiger partial charge in [-0.25, -0.2) is 14.2 Å². The molecule has 216 valence electrons. The van der Waals surface area contributed by atoms with E-state index in [1.165, 1.54) is 16.0 Å². The molecule has 4 rings (SSSR count). The summed E-state index contributed by atoms with van der Waals surface area (Å²) in [7, 11) is 3.11. The summed E-state index contributed by atoms with van der Waals surface area (Å²) in [5.41, 5.74) is 1.44. The molecule has 0 spiro atoms. The number of carbonyl (C=O) groups is 2. The lowest BCUT2D eigenvalue weighted by atomic mass is 9.97. The molecule has 0 aromatic heterocycles. The van der Waals surface area contributed by atoms with Crippen LogP contribution < -0.4 is 14.8 Å². The zero-order valence-corrected chi connectivity index (χ0v) is 23.6. The predicted octanol–water partition coefficient (Wildman–Crippen LogP) is 3.27. The van der Waals surface area contributed by atoms with Crippen LogP contribution >= 0.6 is 0 Å². The third kappa shape index (κ3) is 7.08. The van der Waals surface area contributed by atoms with E-state index in [2.05, 4.69) is 15.3 Å². The molecule has 0 saturated carbocycles. The van der Waals surface area contributed by atoms with Gasteiger partial charge in [0.15, 0.2) is 0 Å². The molecule has 2 aromatic rings. The van der Waals surface area contributed by atoms with Crippen molar-refractivity contribution in [3.63, 3.8) is 0 Å². The van der Waals surface area contributed by atoms with Gasteiger partial charge in [-0.05, 0) is 38.1 Å². The number of halogens is 1. The number of hydrogen-bond acceptors (Lipinski definition) is 7. The Morgan fingerprint density at radius 3 is 2.58 bits per heavy atom. The molecule has 40 heavy (non-hydrogen) atoms. The van der Waals surface area contributed by atoms with Gasteiger partial charge in [0.05, 0.1) is 39.2 Å². The van der Waals surface area contributed by atoms with Crippen molar-refractivity contribution < 1.29 is 28.2 Å². The molecule has 1 fully saturated rings. The minimum Gasteiger partial charge on any atom is -0.497 e. The number of carbonyl (C=O) groups excluding carboxylic acids is 2. The maximum Gasteiger partial charge on any atom is 0.318 e.